The van der Waals surface area contributed by atoms with Crippen LogP contribution in [0.1, 0.15) is 25.7 Å². The average molecular weight is 197 g/mol. The van der Waals surface area contributed by atoms with Crippen LogP contribution in [0.3, 0.4) is 0 Å². The van der Waals surface area contributed by atoms with Crippen LogP contribution in [0.5, 0.6) is 0 Å². The van der Waals surface area contributed by atoms with Gasteiger partial charge in [0.1, 0.15) is 0 Å². The van der Waals surface area contributed by atoms with E-state index < -0.39 is 0 Å². The molecule has 0 radical (unpaired) electrons. The van der Waals surface area contributed by atoms with Crippen molar-refractivity contribution < 1.29 is 0 Å². The van der Waals surface area contributed by atoms with Gasteiger partial charge in [0.05, 0.1) is 0 Å². The maximum atomic E-state index is 3.43. The molecule has 2 atom stereocenters. The summed E-state index contributed by atoms with van der Waals surface area (Å²) in [6.45, 7) is 4.86. The van der Waals surface area contributed by atoms with Gasteiger partial charge in [-0.05, 0) is 26.3 Å². The highest BCUT2D eigenvalue weighted by atomic mass is 15.2. The normalized spacial score (nSPS) is 35.8. The van der Waals surface area contributed by atoms with Crippen LogP contribution in [0.25, 0.3) is 0 Å². The Hall–Kier alpha value is -0.120. The lowest BCUT2D eigenvalue weighted by Crippen LogP contribution is -2.51. The Morgan fingerprint density at radius 1 is 1.21 bits per heavy atom. The molecule has 3 nitrogen and oxygen atoms in total. The van der Waals surface area contributed by atoms with Crippen LogP contribution in [-0.2, 0) is 0 Å². The molecule has 14 heavy (non-hydrogen) atoms. The van der Waals surface area contributed by atoms with E-state index in [1.165, 1.54) is 51.9 Å². The van der Waals surface area contributed by atoms with Gasteiger partial charge >= 0.3 is 0 Å². The molecular weight excluding hydrogens is 174 g/mol. The minimum atomic E-state index is 0.767. The fourth-order valence-corrected chi connectivity index (χ4v) is 2.81. The zero-order valence-corrected chi connectivity index (χ0v) is 9.26. The molecule has 1 aliphatic heterocycles. The summed E-state index contributed by atoms with van der Waals surface area (Å²) in [6, 6.07) is 1.62. The molecule has 2 aliphatic rings. The second-order valence-corrected chi connectivity index (χ2v) is 4.59. The Morgan fingerprint density at radius 3 is 2.71 bits per heavy atom. The van der Waals surface area contributed by atoms with Crippen molar-refractivity contribution in [1.82, 2.24) is 15.5 Å². The van der Waals surface area contributed by atoms with Crippen molar-refractivity contribution >= 4 is 0 Å². The van der Waals surface area contributed by atoms with Gasteiger partial charge in [0.25, 0.3) is 0 Å². The molecule has 82 valence electrons. The molecule has 3 heteroatoms. The van der Waals surface area contributed by atoms with Gasteiger partial charge in [-0.15, -0.1) is 0 Å². The van der Waals surface area contributed by atoms with Gasteiger partial charge < -0.3 is 10.6 Å². The molecule has 2 rings (SSSR count). The average Bonchev–Trinajstić information content (AvgIpc) is 2.30. The Kier molecular flexibility index (Phi) is 3.79. The van der Waals surface area contributed by atoms with Crippen molar-refractivity contribution in [3.05, 3.63) is 0 Å². The smallest absolute Gasteiger partial charge is 0.0111 e. The van der Waals surface area contributed by atoms with E-state index in [1.807, 2.05) is 0 Å². The van der Waals surface area contributed by atoms with Crippen molar-refractivity contribution in [2.24, 2.45) is 0 Å². The van der Waals surface area contributed by atoms with E-state index in [1.54, 1.807) is 0 Å². The first kappa shape index (κ1) is 10.4. The summed E-state index contributed by atoms with van der Waals surface area (Å²) in [5.74, 6) is 0. The van der Waals surface area contributed by atoms with E-state index in [4.69, 9.17) is 0 Å². The third-order valence-corrected chi connectivity index (χ3v) is 3.72. The summed E-state index contributed by atoms with van der Waals surface area (Å²) < 4.78 is 0. The van der Waals surface area contributed by atoms with Gasteiger partial charge in [-0.2, -0.15) is 0 Å². The molecule has 0 aromatic heterocycles. The molecule has 0 aromatic rings. The third-order valence-electron chi connectivity index (χ3n) is 3.72. The highest BCUT2D eigenvalue weighted by Crippen LogP contribution is 2.23. The fourth-order valence-electron chi connectivity index (χ4n) is 2.81. The predicted octanol–water partition coefficient (Wildman–Crippen LogP) is 0.422. The van der Waals surface area contributed by atoms with Gasteiger partial charge in [0, 0.05) is 38.3 Å². The van der Waals surface area contributed by atoms with Gasteiger partial charge in [0.15, 0.2) is 0 Å². The summed E-state index contributed by atoms with van der Waals surface area (Å²) in [7, 11) is 2.10. The van der Waals surface area contributed by atoms with Gasteiger partial charge in [-0.3, -0.25) is 4.90 Å². The van der Waals surface area contributed by atoms with Gasteiger partial charge in [0.2, 0.25) is 0 Å². The lowest BCUT2D eigenvalue weighted by atomic mass is 9.90. The molecule has 0 bridgehead atoms. The summed E-state index contributed by atoms with van der Waals surface area (Å²) in [5.41, 5.74) is 0. The molecule has 1 saturated carbocycles. The molecule has 0 amide bonds. The maximum Gasteiger partial charge on any atom is 0.0111 e. The van der Waals surface area contributed by atoms with Crippen LogP contribution in [-0.4, -0.2) is 50.2 Å². The second kappa shape index (κ2) is 5.10. The van der Waals surface area contributed by atoms with Gasteiger partial charge in [-0.1, -0.05) is 6.42 Å². The van der Waals surface area contributed by atoms with E-state index in [9.17, 15) is 0 Å². The molecule has 0 spiro atoms. The van der Waals surface area contributed by atoms with Crippen LogP contribution in [0.15, 0.2) is 0 Å². The van der Waals surface area contributed by atoms with E-state index >= 15 is 0 Å². The second-order valence-electron chi connectivity index (χ2n) is 4.59. The largest absolute Gasteiger partial charge is 0.317 e. The molecule has 0 unspecified atom stereocenters. The molecular formula is C11H23N3. The van der Waals surface area contributed by atoms with Crippen molar-refractivity contribution in [2.45, 2.75) is 37.8 Å². The zero-order valence-electron chi connectivity index (χ0n) is 9.26. The number of rotatable bonds is 2. The summed E-state index contributed by atoms with van der Waals surface area (Å²) in [5, 5.41) is 6.85. The van der Waals surface area contributed by atoms with Crippen LogP contribution in [0.2, 0.25) is 0 Å². The van der Waals surface area contributed by atoms with E-state index in [0.717, 1.165) is 12.1 Å². The molecule has 2 fully saturated rings. The third kappa shape index (κ3) is 2.47. The predicted molar refractivity (Wildman–Crippen MR) is 59.5 cm³/mol. The van der Waals surface area contributed by atoms with E-state index in [0.29, 0.717) is 0 Å². The summed E-state index contributed by atoms with van der Waals surface area (Å²) in [6.07, 6.45) is 5.55. The lowest BCUT2D eigenvalue weighted by molar-refractivity contribution is 0.126. The first-order chi connectivity index (χ1) is 6.90. The van der Waals surface area contributed by atoms with Crippen LogP contribution < -0.4 is 10.6 Å². The quantitative estimate of drug-likeness (QED) is 0.672. The first-order valence-corrected chi connectivity index (χ1v) is 6.02. The molecule has 1 aliphatic carbocycles. The zero-order chi connectivity index (χ0) is 9.80. The number of nitrogens with zero attached hydrogens (tertiary/aromatic N) is 1. The topological polar surface area (TPSA) is 27.3 Å². The van der Waals surface area contributed by atoms with Gasteiger partial charge in [-0.25, -0.2) is 0 Å². The summed E-state index contributed by atoms with van der Waals surface area (Å²) >= 11 is 0. The van der Waals surface area contributed by atoms with Crippen molar-refractivity contribution in [1.29, 1.82) is 0 Å². The van der Waals surface area contributed by atoms with Crippen LogP contribution >= 0.6 is 0 Å². The molecule has 0 aromatic carbocycles. The molecule has 1 saturated heterocycles. The Labute approximate surface area is 87.2 Å². The Bertz CT molecular complexity index is 166. The first-order valence-electron chi connectivity index (χ1n) is 6.02. The Morgan fingerprint density at radius 2 is 2.00 bits per heavy atom. The minimum Gasteiger partial charge on any atom is -0.317 e. The fraction of sp³-hybridized carbons (Fsp3) is 1.00. The summed E-state index contributed by atoms with van der Waals surface area (Å²) in [4.78, 5) is 2.68. The number of hydrogen-bond acceptors (Lipinski definition) is 3. The van der Waals surface area contributed by atoms with Crippen LogP contribution in [0, 0.1) is 0 Å². The van der Waals surface area contributed by atoms with E-state index in [2.05, 4.69) is 22.6 Å². The SMILES string of the molecule is CN[C@H]1CCC[C@H](N2CCNCC2)C1. The maximum absolute atomic E-state index is 3.43. The Balaban J connectivity index is 1.83. The van der Waals surface area contributed by atoms with Crippen molar-refractivity contribution in [3.8, 4) is 0 Å². The van der Waals surface area contributed by atoms with Crippen molar-refractivity contribution in [3.63, 3.8) is 0 Å². The minimum absolute atomic E-state index is 0.767. The van der Waals surface area contributed by atoms with Crippen LogP contribution in [0.4, 0.5) is 0 Å². The highest BCUT2D eigenvalue weighted by molar-refractivity contribution is 4.85. The van der Waals surface area contributed by atoms with E-state index in [-0.39, 0.29) is 0 Å². The highest BCUT2D eigenvalue weighted by Gasteiger charge is 2.26. The monoisotopic (exact) mass is 197 g/mol. The number of piperazine rings is 1. The van der Waals surface area contributed by atoms with Crippen molar-refractivity contribution in [2.75, 3.05) is 33.2 Å². The number of hydrogen-bond donors (Lipinski definition) is 2. The lowest BCUT2D eigenvalue weighted by Gasteiger charge is -2.39. The molecule has 2 N–H and O–H groups in total. The molecule has 1 heterocycles. The standard InChI is InChI=1S/C11H23N3/c1-12-10-3-2-4-11(9-10)14-7-5-13-6-8-14/h10-13H,2-9H2,1H3/t10-,11-/m0/s1. The number of nitrogens with one attached hydrogen (secondary N) is 2.